The van der Waals surface area contributed by atoms with Crippen molar-refractivity contribution in [3.8, 4) is 0 Å². The molecule has 0 aliphatic rings. The zero-order valence-electron chi connectivity index (χ0n) is 10.9. The van der Waals surface area contributed by atoms with Crippen molar-refractivity contribution in [2.75, 3.05) is 12.5 Å². The number of hydrazine groups is 1. The number of amides is 1. The Morgan fingerprint density at radius 1 is 1.45 bits per heavy atom. The molecular formula is C13H14BrN5O. The van der Waals surface area contributed by atoms with Crippen molar-refractivity contribution in [3.05, 3.63) is 52.4 Å². The standard InChI is InChI=1S/C13H14BrN5O/c1-19(8-9-2-4-16-5-3-9)13(20)11-6-10(14)7-17-12(11)18-15/h2-7H,8,15H2,1H3,(H,17,18). The van der Waals surface area contributed by atoms with Gasteiger partial charge < -0.3 is 10.3 Å². The predicted molar refractivity (Wildman–Crippen MR) is 79.8 cm³/mol. The van der Waals surface area contributed by atoms with E-state index >= 15 is 0 Å². The lowest BCUT2D eigenvalue weighted by atomic mass is 10.2. The molecule has 0 unspecified atom stereocenters. The molecule has 0 atom stereocenters. The molecule has 2 heterocycles. The molecule has 2 aromatic heterocycles. The van der Waals surface area contributed by atoms with Crippen LogP contribution in [0.4, 0.5) is 5.82 Å². The summed E-state index contributed by atoms with van der Waals surface area (Å²) in [5, 5.41) is 0. The van der Waals surface area contributed by atoms with Gasteiger partial charge in [0.2, 0.25) is 0 Å². The maximum atomic E-state index is 12.4. The lowest BCUT2D eigenvalue weighted by Crippen LogP contribution is -2.28. The number of nitrogens with one attached hydrogen (secondary N) is 1. The van der Waals surface area contributed by atoms with Gasteiger partial charge in [0, 0.05) is 36.7 Å². The number of hydrogen-bond donors (Lipinski definition) is 2. The van der Waals surface area contributed by atoms with Gasteiger partial charge in [-0.05, 0) is 39.7 Å². The van der Waals surface area contributed by atoms with Crippen molar-refractivity contribution in [1.82, 2.24) is 14.9 Å². The second kappa shape index (κ2) is 6.44. The van der Waals surface area contributed by atoms with Crippen LogP contribution >= 0.6 is 15.9 Å². The number of halogens is 1. The van der Waals surface area contributed by atoms with Crippen molar-refractivity contribution in [3.63, 3.8) is 0 Å². The second-order valence-electron chi connectivity index (χ2n) is 4.21. The largest absolute Gasteiger partial charge is 0.337 e. The molecule has 0 spiro atoms. The first-order chi connectivity index (χ1) is 9.61. The predicted octanol–water partition coefficient (Wildman–Crippen LogP) is 1.80. The van der Waals surface area contributed by atoms with E-state index in [4.69, 9.17) is 5.84 Å². The number of carbonyl (C=O) groups is 1. The fourth-order valence-electron chi connectivity index (χ4n) is 1.76. The van der Waals surface area contributed by atoms with Crippen LogP contribution in [0.1, 0.15) is 15.9 Å². The average Bonchev–Trinajstić information content (AvgIpc) is 2.47. The zero-order chi connectivity index (χ0) is 14.5. The van der Waals surface area contributed by atoms with Crippen molar-refractivity contribution in [2.45, 2.75) is 6.54 Å². The van der Waals surface area contributed by atoms with Crippen LogP contribution in [-0.2, 0) is 6.54 Å². The van der Waals surface area contributed by atoms with Crippen LogP contribution in [0.5, 0.6) is 0 Å². The van der Waals surface area contributed by atoms with E-state index in [1.165, 1.54) is 0 Å². The molecule has 0 saturated heterocycles. The van der Waals surface area contributed by atoms with Crippen LogP contribution in [0.15, 0.2) is 41.3 Å². The summed E-state index contributed by atoms with van der Waals surface area (Å²) in [6.07, 6.45) is 4.97. The van der Waals surface area contributed by atoms with Gasteiger partial charge in [-0.3, -0.25) is 9.78 Å². The molecule has 1 amide bonds. The Morgan fingerprint density at radius 2 is 2.15 bits per heavy atom. The Hall–Kier alpha value is -1.99. The molecule has 2 aromatic rings. The molecule has 0 aliphatic carbocycles. The maximum absolute atomic E-state index is 12.4. The molecule has 0 aliphatic heterocycles. The van der Waals surface area contributed by atoms with Crippen LogP contribution < -0.4 is 11.3 Å². The second-order valence-corrected chi connectivity index (χ2v) is 5.13. The highest BCUT2D eigenvalue weighted by Crippen LogP contribution is 2.19. The van der Waals surface area contributed by atoms with Gasteiger partial charge in [0.15, 0.2) is 5.82 Å². The highest BCUT2D eigenvalue weighted by molar-refractivity contribution is 9.10. The number of nitrogens with two attached hydrogens (primary N) is 1. The summed E-state index contributed by atoms with van der Waals surface area (Å²) in [6.45, 7) is 0.484. The van der Waals surface area contributed by atoms with E-state index in [1.54, 1.807) is 36.6 Å². The van der Waals surface area contributed by atoms with E-state index in [1.807, 2.05) is 12.1 Å². The number of hydrogen-bond acceptors (Lipinski definition) is 5. The van der Waals surface area contributed by atoms with Crippen molar-refractivity contribution in [2.24, 2.45) is 5.84 Å². The number of nitrogen functional groups attached to an aromatic ring is 1. The quantitative estimate of drug-likeness (QED) is 0.657. The molecular weight excluding hydrogens is 322 g/mol. The Balaban J connectivity index is 2.20. The highest BCUT2D eigenvalue weighted by atomic mass is 79.9. The van der Waals surface area contributed by atoms with Gasteiger partial charge >= 0.3 is 0 Å². The molecule has 2 rings (SSSR count). The van der Waals surface area contributed by atoms with Crippen LogP contribution in [-0.4, -0.2) is 27.8 Å². The van der Waals surface area contributed by atoms with Gasteiger partial charge in [-0.15, -0.1) is 0 Å². The van der Waals surface area contributed by atoms with E-state index in [2.05, 4.69) is 31.3 Å². The fourth-order valence-corrected chi connectivity index (χ4v) is 2.09. The molecule has 7 heteroatoms. The zero-order valence-corrected chi connectivity index (χ0v) is 12.5. The molecule has 0 aromatic carbocycles. The van der Waals surface area contributed by atoms with E-state index in [0.717, 1.165) is 10.0 Å². The first-order valence-electron chi connectivity index (χ1n) is 5.88. The van der Waals surface area contributed by atoms with Gasteiger partial charge in [-0.2, -0.15) is 0 Å². The van der Waals surface area contributed by atoms with Crippen LogP contribution in [0, 0.1) is 0 Å². The average molecular weight is 336 g/mol. The lowest BCUT2D eigenvalue weighted by molar-refractivity contribution is 0.0785. The number of aromatic nitrogens is 2. The van der Waals surface area contributed by atoms with Gasteiger partial charge in [0.25, 0.3) is 5.91 Å². The van der Waals surface area contributed by atoms with Crippen LogP contribution in [0.25, 0.3) is 0 Å². The SMILES string of the molecule is CN(Cc1ccncc1)C(=O)c1cc(Br)cnc1NN. The third-order valence-electron chi connectivity index (χ3n) is 2.74. The van der Waals surface area contributed by atoms with Crippen molar-refractivity contribution in [1.29, 1.82) is 0 Å². The number of carbonyl (C=O) groups excluding carboxylic acids is 1. The number of nitrogens with zero attached hydrogens (tertiary/aromatic N) is 3. The Morgan fingerprint density at radius 3 is 2.80 bits per heavy atom. The van der Waals surface area contributed by atoms with Crippen LogP contribution in [0.2, 0.25) is 0 Å². The Kier molecular flexibility index (Phi) is 4.65. The first-order valence-corrected chi connectivity index (χ1v) is 6.67. The van der Waals surface area contributed by atoms with Crippen LogP contribution in [0.3, 0.4) is 0 Å². The summed E-state index contributed by atoms with van der Waals surface area (Å²) in [5.74, 6) is 5.57. The summed E-state index contributed by atoms with van der Waals surface area (Å²) in [4.78, 5) is 22.0. The molecule has 20 heavy (non-hydrogen) atoms. The summed E-state index contributed by atoms with van der Waals surface area (Å²) < 4.78 is 0.720. The highest BCUT2D eigenvalue weighted by Gasteiger charge is 2.17. The van der Waals surface area contributed by atoms with Crippen molar-refractivity contribution >= 4 is 27.7 Å². The normalized spacial score (nSPS) is 10.2. The monoisotopic (exact) mass is 335 g/mol. The smallest absolute Gasteiger partial charge is 0.257 e. The van der Waals surface area contributed by atoms with E-state index < -0.39 is 0 Å². The number of rotatable bonds is 4. The van der Waals surface area contributed by atoms with E-state index in [9.17, 15) is 4.79 Å². The molecule has 6 nitrogen and oxygen atoms in total. The van der Waals surface area contributed by atoms with E-state index in [0.29, 0.717) is 17.9 Å². The number of pyridine rings is 2. The minimum atomic E-state index is -0.163. The minimum absolute atomic E-state index is 0.163. The third kappa shape index (κ3) is 3.31. The summed E-state index contributed by atoms with van der Waals surface area (Å²) >= 11 is 3.30. The van der Waals surface area contributed by atoms with Gasteiger partial charge in [0.1, 0.15) is 0 Å². The first kappa shape index (κ1) is 14.4. The molecule has 104 valence electrons. The molecule has 0 fully saturated rings. The fraction of sp³-hybridized carbons (Fsp3) is 0.154. The van der Waals surface area contributed by atoms with E-state index in [-0.39, 0.29) is 5.91 Å². The lowest BCUT2D eigenvalue weighted by Gasteiger charge is -2.18. The molecule has 0 radical (unpaired) electrons. The molecule has 3 N–H and O–H groups in total. The third-order valence-corrected chi connectivity index (χ3v) is 3.17. The molecule has 0 saturated carbocycles. The van der Waals surface area contributed by atoms with Gasteiger partial charge in [0.05, 0.1) is 5.56 Å². The van der Waals surface area contributed by atoms with Gasteiger partial charge in [-0.25, -0.2) is 10.8 Å². The summed E-state index contributed by atoms with van der Waals surface area (Å²) in [7, 11) is 1.73. The summed E-state index contributed by atoms with van der Waals surface area (Å²) in [6, 6.07) is 5.42. The van der Waals surface area contributed by atoms with Gasteiger partial charge in [-0.1, -0.05) is 0 Å². The summed E-state index contributed by atoms with van der Waals surface area (Å²) in [5.41, 5.74) is 3.85. The Labute approximate surface area is 125 Å². The topological polar surface area (TPSA) is 84.1 Å². The Bertz CT molecular complexity index is 605. The molecule has 0 bridgehead atoms. The maximum Gasteiger partial charge on any atom is 0.257 e. The number of anilines is 1. The minimum Gasteiger partial charge on any atom is -0.337 e. The van der Waals surface area contributed by atoms with Crippen molar-refractivity contribution < 1.29 is 4.79 Å².